The van der Waals surface area contributed by atoms with Gasteiger partial charge in [0.15, 0.2) is 0 Å². The summed E-state index contributed by atoms with van der Waals surface area (Å²) in [5.74, 6) is -0.612. The van der Waals surface area contributed by atoms with Gasteiger partial charge in [0, 0.05) is 22.6 Å². The van der Waals surface area contributed by atoms with E-state index < -0.39 is 0 Å². The molecule has 174 valence electrons. The molecule has 0 spiro atoms. The number of anilines is 3. The molecule has 1 aliphatic rings. The first-order chi connectivity index (χ1) is 16.9. The topological polar surface area (TPSA) is 130 Å². The van der Waals surface area contributed by atoms with Gasteiger partial charge in [-0.2, -0.15) is 0 Å². The summed E-state index contributed by atoms with van der Waals surface area (Å²) in [6.07, 6.45) is 0. The fourth-order valence-electron chi connectivity index (χ4n) is 3.67. The summed E-state index contributed by atoms with van der Waals surface area (Å²) < 4.78 is 0. The summed E-state index contributed by atoms with van der Waals surface area (Å²) in [4.78, 5) is 47.5. The van der Waals surface area contributed by atoms with Crippen LogP contribution in [0.3, 0.4) is 0 Å². The van der Waals surface area contributed by atoms with Crippen molar-refractivity contribution >= 4 is 45.8 Å². The zero-order chi connectivity index (χ0) is 24.5. The van der Waals surface area contributed by atoms with Gasteiger partial charge in [-0.1, -0.05) is 23.5 Å². The minimum absolute atomic E-state index is 0.0131. The summed E-state index contributed by atoms with van der Waals surface area (Å²) in [5.41, 5.74) is 3.63. The highest BCUT2D eigenvalue weighted by molar-refractivity contribution is 7.15. The van der Waals surface area contributed by atoms with Crippen LogP contribution in [-0.2, 0) is 6.54 Å². The van der Waals surface area contributed by atoms with Crippen molar-refractivity contribution in [3.8, 4) is 0 Å². The number of amides is 3. The molecule has 0 atom stereocenters. The minimum Gasteiger partial charge on any atom is -0.324 e. The van der Waals surface area contributed by atoms with Crippen molar-refractivity contribution in [1.29, 1.82) is 0 Å². The van der Waals surface area contributed by atoms with Gasteiger partial charge in [-0.15, -0.1) is 10.2 Å². The fourth-order valence-corrected chi connectivity index (χ4v) is 4.40. The molecule has 4 aromatic rings. The van der Waals surface area contributed by atoms with Crippen LogP contribution in [0.1, 0.15) is 47.5 Å². The first-order valence-electron chi connectivity index (χ1n) is 10.7. The van der Waals surface area contributed by atoms with Crippen molar-refractivity contribution in [2.45, 2.75) is 20.4 Å². The van der Waals surface area contributed by atoms with Crippen molar-refractivity contribution in [2.24, 2.45) is 0 Å². The molecule has 10 nitrogen and oxygen atoms in total. The van der Waals surface area contributed by atoms with Gasteiger partial charge in [-0.3, -0.25) is 24.6 Å². The molecule has 0 aliphatic carbocycles. The third-order valence-corrected chi connectivity index (χ3v) is 6.07. The fraction of sp³-hybridized carbons (Fsp3) is 0.125. The Kier molecular flexibility index (Phi) is 5.75. The Hall–Kier alpha value is -4.51. The molecule has 2 N–H and O–H groups in total. The number of nitrogens with one attached hydrogen (secondary N) is 2. The number of fused-ring (bicyclic) bond motifs is 1. The minimum atomic E-state index is -0.369. The molecule has 11 heteroatoms. The van der Waals surface area contributed by atoms with E-state index >= 15 is 0 Å². The number of nitrogens with zero attached hydrogens (tertiary/aromatic N) is 5. The number of hydrogen-bond donors (Lipinski definition) is 2. The van der Waals surface area contributed by atoms with E-state index in [0.29, 0.717) is 27.6 Å². The monoisotopic (exact) mass is 485 g/mol. The summed E-state index contributed by atoms with van der Waals surface area (Å²) >= 11 is 1.10. The summed E-state index contributed by atoms with van der Waals surface area (Å²) in [6, 6.07) is 15.4. The second-order valence-corrected chi connectivity index (χ2v) is 8.94. The Morgan fingerprint density at radius 3 is 2.17 bits per heavy atom. The van der Waals surface area contributed by atoms with Gasteiger partial charge < -0.3 is 5.32 Å². The summed E-state index contributed by atoms with van der Waals surface area (Å²) in [6.45, 7) is 3.78. The Morgan fingerprint density at radius 2 is 1.54 bits per heavy atom. The number of carbonyl (C=O) groups is 3. The predicted octanol–water partition coefficient (Wildman–Crippen LogP) is 3.74. The quantitative estimate of drug-likeness (QED) is 0.395. The molecule has 0 unspecified atom stereocenters. The maximum absolute atomic E-state index is 12.6. The SMILES string of the molecule is Cc1cc(C)nc(Nc2ccc(C(=O)Nc3nnc(CN4C(=O)c5ccccc5C4=O)s3)cc2)n1. The van der Waals surface area contributed by atoms with Gasteiger partial charge in [-0.25, -0.2) is 9.97 Å². The lowest BCUT2D eigenvalue weighted by Gasteiger charge is -2.10. The van der Waals surface area contributed by atoms with Crippen molar-refractivity contribution in [1.82, 2.24) is 25.1 Å². The zero-order valence-electron chi connectivity index (χ0n) is 18.8. The highest BCUT2D eigenvalue weighted by Gasteiger charge is 2.35. The molecular weight excluding hydrogens is 466 g/mol. The van der Waals surface area contributed by atoms with Crippen molar-refractivity contribution in [2.75, 3.05) is 10.6 Å². The molecule has 3 heterocycles. The average molecular weight is 486 g/mol. The number of hydrogen-bond acceptors (Lipinski definition) is 9. The van der Waals surface area contributed by atoms with E-state index in [4.69, 9.17) is 0 Å². The van der Waals surface area contributed by atoms with Gasteiger partial charge >= 0.3 is 0 Å². The zero-order valence-corrected chi connectivity index (χ0v) is 19.6. The molecule has 0 fully saturated rings. The normalized spacial score (nSPS) is 12.6. The maximum Gasteiger partial charge on any atom is 0.261 e. The first-order valence-corrected chi connectivity index (χ1v) is 11.5. The van der Waals surface area contributed by atoms with Crippen LogP contribution >= 0.6 is 11.3 Å². The molecule has 2 aromatic heterocycles. The molecule has 5 rings (SSSR count). The van der Waals surface area contributed by atoms with E-state index in [2.05, 4.69) is 30.8 Å². The Morgan fingerprint density at radius 1 is 0.914 bits per heavy atom. The lowest BCUT2D eigenvalue weighted by atomic mass is 10.1. The summed E-state index contributed by atoms with van der Waals surface area (Å²) in [7, 11) is 0. The number of aryl methyl sites for hydroxylation is 2. The number of rotatable bonds is 6. The Balaban J connectivity index is 1.21. The van der Waals surface area contributed by atoms with Gasteiger partial charge in [0.1, 0.15) is 5.01 Å². The largest absolute Gasteiger partial charge is 0.324 e. The van der Waals surface area contributed by atoms with Gasteiger partial charge in [0.2, 0.25) is 11.1 Å². The van der Waals surface area contributed by atoms with Crippen LogP contribution in [0.15, 0.2) is 54.6 Å². The van der Waals surface area contributed by atoms with Crippen LogP contribution < -0.4 is 10.6 Å². The molecule has 0 saturated heterocycles. The maximum atomic E-state index is 12.6. The van der Waals surface area contributed by atoms with Gasteiger partial charge in [0.25, 0.3) is 17.7 Å². The van der Waals surface area contributed by atoms with E-state index in [9.17, 15) is 14.4 Å². The van der Waals surface area contributed by atoms with Crippen LogP contribution in [0.4, 0.5) is 16.8 Å². The van der Waals surface area contributed by atoms with Crippen LogP contribution in [0.25, 0.3) is 0 Å². The lowest BCUT2D eigenvalue weighted by molar-refractivity contribution is 0.0641. The number of benzene rings is 2. The molecule has 35 heavy (non-hydrogen) atoms. The molecular formula is C24H19N7O3S. The molecule has 3 amide bonds. The van der Waals surface area contributed by atoms with Crippen molar-refractivity contribution in [3.63, 3.8) is 0 Å². The van der Waals surface area contributed by atoms with Crippen LogP contribution in [0.2, 0.25) is 0 Å². The van der Waals surface area contributed by atoms with E-state index in [-0.39, 0.29) is 29.4 Å². The molecule has 2 aromatic carbocycles. The second-order valence-electron chi connectivity index (χ2n) is 7.87. The number of carbonyl (C=O) groups excluding carboxylic acids is 3. The lowest BCUT2D eigenvalue weighted by Crippen LogP contribution is -2.29. The van der Waals surface area contributed by atoms with Crippen LogP contribution in [0, 0.1) is 13.8 Å². The molecule has 0 saturated carbocycles. The van der Waals surface area contributed by atoms with E-state index in [0.717, 1.165) is 33.3 Å². The Labute approximate surface area is 204 Å². The average Bonchev–Trinajstić information content (AvgIpc) is 3.37. The third-order valence-electron chi connectivity index (χ3n) is 5.24. The molecule has 0 radical (unpaired) electrons. The van der Waals surface area contributed by atoms with E-state index in [1.54, 1.807) is 48.5 Å². The van der Waals surface area contributed by atoms with E-state index in [1.807, 2.05) is 19.9 Å². The van der Waals surface area contributed by atoms with Gasteiger partial charge in [0.05, 0.1) is 17.7 Å². The van der Waals surface area contributed by atoms with Gasteiger partial charge in [-0.05, 0) is 56.3 Å². The first kappa shape index (κ1) is 22.3. The van der Waals surface area contributed by atoms with Crippen molar-refractivity contribution in [3.05, 3.63) is 87.7 Å². The summed E-state index contributed by atoms with van der Waals surface area (Å²) in [5, 5.41) is 14.5. The molecule has 1 aliphatic heterocycles. The smallest absolute Gasteiger partial charge is 0.261 e. The van der Waals surface area contributed by atoms with Crippen LogP contribution in [0.5, 0.6) is 0 Å². The standard InChI is InChI=1S/C24H19N7O3S/c1-13-11-14(2)26-23(25-13)27-16-9-7-15(8-10-16)20(32)28-24-30-29-19(35-24)12-31-21(33)17-5-3-4-6-18(17)22(31)34/h3-11H,12H2,1-2H3,(H,25,26,27)(H,28,30,32). The van der Waals surface area contributed by atoms with Crippen molar-refractivity contribution < 1.29 is 14.4 Å². The predicted molar refractivity (Wildman–Crippen MR) is 130 cm³/mol. The number of aromatic nitrogens is 4. The Bertz CT molecular complexity index is 1410. The number of imide groups is 1. The third kappa shape index (κ3) is 4.62. The van der Waals surface area contributed by atoms with Crippen LogP contribution in [-0.4, -0.2) is 42.8 Å². The second kappa shape index (κ2) is 9.03. The highest BCUT2D eigenvalue weighted by atomic mass is 32.1. The van der Waals surface area contributed by atoms with E-state index in [1.165, 1.54) is 0 Å². The highest BCUT2D eigenvalue weighted by Crippen LogP contribution is 2.26. The molecule has 0 bridgehead atoms.